The van der Waals surface area contributed by atoms with Gasteiger partial charge in [0.2, 0.25) is 0 Å². The van der Waals surface area contributed by atoms with Gasteiger partial charge >= 0.3 is 0 Å². The summed E-state index contributed by atoms with van der Waals surface area (Å²) in [4.78, 5) is 18.2. The summed E-state index contributed by atoms with van der Waals surface area (Å²) in [5.41, 5.74) is 1.14. The monoisotopic (exact) mass is 288 g/mol. The van der Waals surface area contributed by atoms with E-state index in [4.69, 9.17) is 0 Å². The third-order valence-electron chi connectivity index (χ3n) is 2.81. The molecule has 0 N–H and O–H groups in total. The Kier molecular flexibility index (Phi) is 4.42. The van der Waals surface area contributed by atoms with Gasteiger partial charge in [0.25, 0.3) is 0 Å². The van der Waals surface area contributed by atoms with E-state index in [1.54, 1.807) is 49.7 Å². The molecule has 0 spiro atoms. The number of hydrogen-bond donors (Lipinski definition) is 0. The van der Waals surface area contributed by atoms with Crippen molar-refractivity contribution < 1.29 is 13.6 Å². The third kappa shape index (κ3) is 3.51. The van der Waals surface area contributed by atoms with Gasteiger partial charge in [-0.3, -0.25) is 9.78 Å². The summed E-state index contributed by atoms with van der Waals surface area (Å²) in [5.74, 6) is -2.40. The SMILES string of the molecule is CN(C)C=C(C(=O)c1ccc(F)c(F)c1)c1ccncc1. The number of aromatic nitrogens is 1. The summed E-state index contributed by atoms with van der Waals surface area (Å²) >= 11 is 0. The van der Waals surface area contributed by atoms with Crippen LogP contribution in [0, 0.1) is 11.6 Å². The average Bonchev–Trinajstić information content (AvgIpc) is 2.47. The third-order valence-corrected chi connectivity index (χ3v) is 2.81. The van der Waals surface area contributed by atoms with Gasteiger partial charge in [0, 0.05) is 43.8 Å². The standard InChI is InChI=1S/C16H14F2N2O/c1-20(2)10-13(11-5-7-19-8-6-11)16(21)12-3-4-14(17)15(18)9-12/h3-10H,1-2H3. The molecule has 21 heavy (non-hydrogen) atoms. The number of rotatable bonds is 4. The van der Waals surface area contributed by atoms with Crippen molar-refractivity contribution in [1.29, 1.82) is 0 Å². The maximum atomic E-state index is 13.3. The normalized spacial score (nSPS) is 11.3. The summed E-state index contributed by atoms with van der Waals surface area (Å²) in [7, 11) is 3.55. The van der Waals surface area contributed by atoms with Crippen molar-refractivity contribution >= 4 is 11.4 Å². The lowest BCUT2D eigenvalue weighted by atomic mass is 9.98. The lowest BCUT2D eigenvalue weighted by Crippen LogP contribution is -2.10. The molecular weight excluding hydrogens is 274 g/mol. The number of ketones is 1. The molecule has 0 atom stereocenters. The maximum absolute atomic E-state index is 13.3. The van der Waals surface area contributed by atoms with Crippen molar-refractivity contribution in [2.24, 2.45) is 0 Å². The highest BCUT2D eigenvalue weighted by atomic mass is 19.2. The summed E-state index contributed by atoms with van der Waals surface area (Å²) < 4.78 is 26.3. The van der Waals surface area contributed by atoms with Crippen LogP contribution < -0.4 is 0 Å². The minimum absolute atomic E-state index is 0.0961. The number of hydrogen-bond acceptors (Lipinski definition) is 3. The zero-order valence-corrected chi connectivity index (χ0v) is 11.7. The first kappa shape index (κ1) is 14.8. The van der Waals surface area contributed by atoms with Crippen LogP contribution in [0.25, 0.3) is 5.57 Å². The van der Waals surface area contributed by atoms with Gasteiger partial charge < -0.3 is 4.90 Å². The number of pyridine rings is 1. The van der Waals surface area contributed by atoms with Gasteiger partial charge in [0.15, 0.2) is 17.4 Å². The Hall–Kier alpha value is -2.56. The quantitative estimate of drug-likeness (QED) is 0.640. The molecule has 0 amide bonds. The number of nitrogens with zero attached hydrogens (tertiary/aromatic N) is 2. The second kappa shape index (κ2) is 6.26. The smallest absolute Gasteiger partial charge is 0.195 e. The van der Waals surface area contributed by atoms with Gasteiger partial charge in [0.05, 0.1) is 0 Å². The highest BCUT2D eigenvalue weighted by Gasteiger charge is 2.16. The van der Waals surface area contributed by atoms with Crippen LogP contribution in [-0.2, 0) is 0 Å². The van der Waals surface area contributed by atoms with Gasteiger partial charge in [0.1, 0.15) is 0 Å². The number of Topliss-reactive ketones (excluding diaryl/α,β-unsaturated/α-hetero) is 1. The molecule has 1 aromatic carbocycles. The van der Waals surface area contributed by atoms with E-state index in [2.05, 4.69) is 4.98 Å². The summed E-state index contributed by atoms with van der Waals surface area (Å²) in [6.07, 6.45) is 4.77. The van der Waals surface area contributed by atoms with E-state index < -0.39 is 11.6 Å². The number of carbonyl (C=O) groups excluding carboxylic acids is 1. The van der Waals surface area contributed by atoms with Crippen LogP contribution in [0.1, 0.15) is 15.9 Å². The van der Waals surface area contributed by atoms with E-state index in [0.717, 1.165) is 12.1 Å². The van der Waals surface area contributed by atoms with E-state index in [1.165, 1.54) is 6.07 Å². The Morgan fingerprint density at radius 1 is 1.05 bits per heavy atom. The Morgan fingerprint density at radius 2 is 1.71 bits per heavy atom. The van der Waals surface area contributed by atoms with Gasteiger partial charge in [-0.05, 0) is 35.9 Å². The lowest BCUT2D eigenvalue weighted by molar-refractivity contribution is 0.105. The molecule has 0 unspecified atom stereocenters. The molecule has 1 heterocycles. The number of benzene rings is 1. The molecular formula is C16H14F2N2O. The minimum atomic E-state index is -1.04. The molecule has 5 heteroatoms. The first-order valence-electron chi connectivity index (χ1n) is 6.27. The van der Waals surface area contributed by atoms with Crippen LogP contribution in [0.3, 0.4) is 0 Å². The number of carbonyl (C=O) groups is 1. The first-order chi connectivity index (χ1) is 9.99. The second-order valence-corrected chi connectivity index (χ2v) is 4.70. The average molecular weight is 288 g/mol. The van der Waals surface area contributed by atoms with Gasteiger partial charge in [-0.1, -0.05) is 0 Å². The van der Waals surface area contributed by atoms with E-state index in [-0.39, 0.29) is 11.3 Å². The largest absolute Gasteiger partial charge is 0.383 e. The van der Waals surface area contributed by atoms with Crippen molar-refractivity contribution in [2.45, 2.75) is 0 Å². The zero-order valence-electron chi connectivity index (χ0n) is 11.7. The molecule has 0 aliphatic heterocycles. The minimum Gasteiger partial charge on any atom is -0.383 e. The van der Waals surface area contributed by atoms with Crippen LogP contribution in [-0.4, -0.2) is 29.8 Å². The van der Waals surface area contributed by atoms with Crippen LogP contribution >= 0.6 is 0 Å². The van der Waals surface area contributed by atoms with E-state index in [9.17, 15) is 13.6 Å². The van der Waals surface area contributed by atoms with Gasteiger partial charge in [-0.2, -0.15) is 0 Å². The van der Waals surface area contributed by atoms with Crippen LogP contribution in [0.15, 0.2) is 48.9 Å². The topological polar surface area (TPSA) is 33.2 Å². The van der Waals surface area contributed by atoms with Crippen LogP contribution in [0.5, 0.6) is 0 Å². The molecule has 0 fully saturated rings. The predicted molar refractivity (Wildman–Crippen MR) is 76.6 cm³/mol. The summed E-state index contributed by atoms with van der Waals surface area (Å²) in [6.45, 7) is 0. The molecule has 0 aliphatic rings. The van der Waals surface area contributed by atoms with Gasteiger partial charge in [-0.15, -0.1) is 0 Å². The zero-order chi connectivity index (χ0) is 15.4. The second-order valence-electron chi connectivity index (χ2n) is 4.70. The highest BCUT2D eigenvalue weighted by molar-refractivity contribution is 6.28. The molecule has 0 saturated heterocycles. The Morgan fingerprint density at radius 3 is 2.29 bits per heavy atom. The highest BCUT2D eigenvalue weighted by Crippen LogP contribution is 2.21. The van der Waals surface area contributed by atoms with E-state index in [1.807, 2.05) is 0 Å². The fourth-order valence-corrected chi connectivity index (χ4v) is 1.85. The van der Waals surface area contributed by atoms with Crippen LogP contribution in [0.2, 0.25) is 0 Å². The molecule has 3 nitrogen and oxygen atoms in total. The summed E-state index contributed by atoms with van der Waals surface area (Å²) in [5, 5.41) is 0. The van der Waals surface area contributed by atoms with Crippen molar-refractivity contribution in [1.82, 2.24) is 9.88 Å². The van der Waals surface area contributed by atoms with Crippen molar-refractivity contribution in [3.05, 3.63) is 71.7 Å². The Bertz CT molecular complexity index is 682. The molecule has 0 saturated carbocycles. The molecule has 2 aromatic rings. The molecule has 2 rings (SSSR count). The fourth-order valence-electron chi connectivity index (χ4n) is 1.85. The van der Waals surface area contributed by atoms with E-state index >= 15 is 0 Å². The van der Waals surface area contributed by atoms with Gasteiger partial charge in [-0.25, -0.2) is 8.78 Å². The van der Waals surface area contributed by atoms with Crippen LogP contribution in [0.4, 0.5) is 8.78 Å². The van der Waals surface area contributed by atoms with Crippen molar-refractivity contribution in [3.63, 3.8) is 0 Å². The Labute approximate surface area is 121 Å². The predicted octanol–water partition coefficient (Wildman–Crippen LogP) is 3.15. The first-order valence-corrected chi connectivity index (χ1v) is 6.27. The fraction of sp³-hybridized carbons (Fsp3) is 0.125. The molecule has 1 aromatic heterocycles. The molecule has 0 bridgehead atoms. The van der Waals surface area contributed by atoms with E-state index in [0.29, 0.717) is 11.1 Å². The van der Waals surface area contributed by atoms with Crippen molar-refractivity contribution in [3.8, 4) is 0 Å². The summed E-state index contributed by atoms with van der Waals surface area (Å²) in [6, 6.07) is 6.50. The number of halogens is 2. The molecule has 108 valence electrons. The molecule has 0 aliphatic carbocycles. The Balaban J connectivity index is 2.47. The molecule has 0 radical (unpaired) electrons. The van der Waals surface area contributed by atoms with Crippen molar-refractivity contribution in [2.75, 3.05) is 14.1 Å². The lowest BCUT2D eigenvalue weighted by Gasteiger charge is -2.12. The number of allylic oxidation sites excluding steroid dienone is 1. The maximum Gasteiger partial charge on any atom is 0.195 e.